The zero-order valence-corrected chi connectivity index (χ0v) is 20.6. The molecule has 182 valence electrons. The van der Waals surface area contributed by atoms with Crippen molar-refractivity contribution in [2.24, 2.45) is 4.99 Å². The van der Waals surface area contributed by atoms with Gasteiger partial charge in [0.2, 0.25) is 0 Å². The molecule has 3 aromatic carbocycles. The number of ether oxygens (including phenoxy) is 1. The molecule has 3 heterocycles. The van der Waals surface area contributed by atoms with Gasteiger partial charge in [0.1, 0.15) is 18.0 Å². The first kappa shape index (κ1) is 22.8. The Hall–Kier alpha value is -3.67. The van der Waals surface area contributed by atoms with Gasteiger partial charge in [0.15, 0.2) is 0 Å². The topological polar surface area (TPSA) is 41.8 Å². The number of methoxy groups -OCH3 is 1. The Morgan fingerprint density at radius 2 is 1.39 bits per heavy atom. The average Bonchev–Trinajstić information content (AvgIpc) is 3.40. The van der Waals surface area contributed by atoms with Gasteiger partial charge in [-0.2, -0.15) is 0 Å². The fraction of sp³-hybridized carbons (Fsp3) is 0.258. The third-order valence-electron chi connectivity index (χ3n) is 7.62. The molecule has 5 heteroatoms. The molecule has 1 saturated heterocycles. The smallest absolute Gasteiger partial charge is 0.122 e. The first-order chi connectivity index (χ1) is 17.8. The van der Waals surface area contributed by atoms with Gasteiger partial charge in [0.25, 0.3) is 0 Å². The number of aliphatic imine (C=N–C) groups is 1. The van der Waals surface area contributed by atoms with Gasteiger partial charge in [-0.1, -0.05) is 91.0 Å². The molecule has 2 aliphatic heterocycles. The molecule has 2 atom stereocenters. The Labute approximate surface area is 213 Å². The molecular weight excluding hydrogens is 444 g/mol. The molecule has 0 radical (unpaired) electrons. The lowest BCUT2D eigenvalue weighted by Gasteiger charge is -2.44. The minimum Gasteiger partial charge on any atom is -0.380 e. The van der Waals surface area contributed by atoms with Gasteiger partial charge in [0, 0.05) is 44.2 Å². The van der Waals surface area contributed by atoms with E-state index in [1.807, 2.05) is 13.3 Å². The summed E-state index contributed by atoms with van der Waals surface area (Å²) in [5.41, 5.74) is 4.26. The van der Waals surface area contributed by atoms with Crippen molar-refractivity contribution in [2.45, 2.75) is 24.1 Å². The number of rotatable bonds is 6. The Balaban J connectivity index is 1.62. The van der Waals surface area contributed by atoms with Crippen LogP contribution in [0.5, 0.6) is 0 Å². The monoisotopic (exact) mass is 476 g/mol. The zero-order valence-electron chi connectivity index (χ0n) is 20.6. The van der Waals surface area contributed by atoms with E-state index in [9.17, 15) is 0 Å². The van der Waals surface area contributed by atoms with Gasteiger partial charge < -0.3 is 19.5 Å². The maximum atomic E-state index is 5.75. The first-order valence-electron chi connectivity index (χ1n) is 12.7. The second-order valence-corrected chi connectivity index (χ2v) is 9.60. The molecule has 2 aliphatic rings. The second-order valence-electron chi connectivity index (χ2n) is 9.60. The normalized spacial score (nSPS) is 19.8. The van der Waals surface area contributed by atoms with Crippen LogP contribution in [0.1, 0.15) is 28.7 Å². The highest BCUT2D eigenvalue weighted by Crippen LogP contribution is 2.45. The molecular formula is C31H32N4O. The van der Waals surface area contributed by atoms with Gasteiger partial charge >= 0.3 is 0 Å². The van der Waals surface area contributed by atoms with Crippen LogP contribution in [0.3, 0.4) is 0 Å². The van der Waals surface area contributed by atoms with Crippen LogP contribution >= 0.6 is 0 Å². The maximum Gasteiger partial charge on any atom is 0.122 e. The molecule has 36 heavy (non-hydrogen) atoms. The molecule has 0 spiro atoms. The van der Waals surface area contributed by atoms with E-state index in [2.05, 4.69) is 118 Å². The van der Waals surface area contributed by atoms with E-state index in [1.54, 1.807) is 0 Å². The molecule has 0 saturated carbocycles. The van der Waals surface area contributed by atoms with E-state index in [0.29, 0.717) is 6.67 Å². The number of benzene rings is 3. The molecule has 6 rings (SSSR count). The van der Waals surface area contributed by atoms with E-state index in [1.165, 1.54) is 22.5 Å². The standard InChI is InChI=1S/C31H32N4O/c1-36-29-19-28(21-32-22-29)34-23-33-20-24-17-18-35(30(24)34)31(25-11-5-2-6-12-25,26-13-7-3-8-14-26)27-15-9-4-10-16-27/h2-18,20,28-29,32H,19,21-23H2,1H3/t28-,29+/m1/s1. The van der Waals surface area contributed by atoms with Gasteiger partial charge in [-0.3, -0.25) is 4.99 Å². The predicted molar refractivity (Wildman–Crippen MR) is 146 cm³/mol. The largest absolute Gasteiger partial charge is 0.380 e. The summed E-state index contributed by atoms with van der Waals surface area (Å²) in [5, 5.41) is 3.58. The molecule has 4 aromatic rings. The van der Waals surface area contributed by atoms with Crippen LogP contribution in [0.15, 0.2) is 108 Å². The maximum absolute atomic E-state index is 5.75. The molecule has 1 fully saturated rings. The number of anilines is 1. The SMILES string of the molecule is CO[C@@H]1CNC[C@H](N2CN=Cc3ccn(C(c4ccccc4)(c4ccccc4)c4ccccc4)c32)C1. The van der Waals surface area contributed by atoms with Crippen LogP contribution in [0.4, 0.5) is 5.82 Å². The van der Waals surface area contributed by atoms with Crippen molar-refractivity contribution in [1.82, 2.24) is 9.88 Å². The van der Waals surface area contributed by atoms with Crippen molar-refractivity contribution in [3.63, 3.8) is 0 Å². The minimum atomic E-state index is -0.552. The second kappa shape index (κ2) is 9.76. The highest BCUT2D eigenvalue weighted by Gasteiger charge is 2.42. The summed E-state index contributed by atoms with van der Waals surface area (Å²) < 4.78 is 8.23. The molecule has 0 unspecified atom stereocenters. The predicted octanol–water partition coefficient (Wildman–Crippen LogP) is 4.90. The zero-order chi connectivity index (χ0) is 24.4. The Morgan fingerprint density at radius 3 is 1.94 bits per heavy atom. The Bertz CT molecular complexity index is 1220. The van der Waals surface area contributed by atoms with E-state index < -0.39 is 5.54 Å². The van der Waals surface area contributed by atoms with Crippen LogP contribution in [0.25, 0.3) is 0 Å². The van der Waals surface area contributed by atoms with Crippen LogP contribution in [0, 0.1) is 0 Å². The third kappa shape index (κ3) is 3.76. The first-order valence-corrected chi connectivity index (χ1v) is 12.7. The van der Waals surface area contributed by atoms with Crippen molar-refractivity contribution < 1.29 is 4.74 Å². The minimum absolute atomic E-state index is 0.198. The van der Waals surface area contributed by atoms with Gasteiger partial charge in [-0.15, -0.1) is 0 Å². The van der Waals surface area contributed by atoms with Crippen molar-refractivity contribution in [3.8, 4) is 0 Å². The third-order valence-corrected chi connectivity index (χ3v) is 7.62. The van der Waals surface area contributed by atoms with Crippen molar-refractivity contribution >= 4 is 12.0 Å². The Morgan fingerprint density at radius 1 is 0.806 bits per heavy atom. The lowest BCUT2D eigenvalue weighted by atomic mass is 9.76. The summed E-state index contributed by atoms with van der Waals surface area (Å²) in [6.07, 6.45) is 5.44. The number of hydrogen-bond donors (Lipinski definition) is 1. The van der Waals surface area contributed by atoms with Crippen molar-refractivity contribution in [1.29, 1.82) is 0 Å². The van der Waals surface area contributed by atoms with Crippen LogP contribution in [-0.4, -0.2) is 49.8 Å². The highest BCUT2D eigenvalue weighted by atomic mass is 16.5. The molecule has 0 aliphatic carbocycles. The van der Waals surface area contributed by atoms with E-state index in [0.717, 1.165) is 25.1 Å². The van der Waals surface area contributed by atoms with Gasteiger partial charge in [-0.25, -0.2) is 0 Å². The number of nitrogens with zero attached hydrogens (tertiary/aromatic N) is 3. The van der Waals surface area contributed by atoms with Crippen molar-refractivity contribution in [2.75, 3.05) is 31.8 Å². The fourth-order valence-electron chi connectivity index (χ4n) is 5.95. The summed E-state index contributed by atoms with van der Waals surface area (Å²) in [7, 11) is 1.81. The van der Waals surface area contributed by atoms with E-state index in [-0.39, 0.29) is 12.1 Å². The molecule has 1 N–H and O–H groups in total. The van der Waals surface area contributed by atoms with Gasteiger partial charge in [0.05, 0.1) is 6.10 Å². The number of nitrogens with one attached hydrogen (secondary N) is 1. The summed E-state index contributed by atoms with van der Waals surface area (Å²) in [6, 6.07) is 35.1. The molecule has 5 nitrogen and oxygen atoms in total. The summed E-state index contributed by atoms with van der Waals surface area (Å²) in [6.45, 7) is 2.43. The average molecular weight is 477 g/mol. The van der Waals surface area contributed by atoms with Gasteiger partial charge in [-0.05, 0) is 29.2 Å². The summed E-state index contributed by atoms with van der Waals surface area (Å²) >= 11 is 0. The number of fused-ring (bicyclic) bond motifs is 1. The van der Waals surface area contributed by atoms with E-state index >= 15 is 0 Å². The molecule has 0 amide bonds. The summed E-state index contributed by atoms with van der Waals surface area (Å²) in [4.78, 5) is 7.23. The van der Waals surface area contributed by atoms with Crippen molar-refractivity contribution in [3.05, 3.63) is 126 Å². The quantitative estimate of drug-likeness (QED) is 0.403. The van der Waals surface area contributed by atoms with Crippen LogP contribution in [0.2, 0.25) is 0 Å². The number of piperidine rings is 1. The van der Waals surface area contributed by atoms with E-state index in [4.69, 9.17) is 9.73 Å². The lowest BCUT2D eigenvalue weighted by Crippen LogP contribution is -2.53. The number of hydrogen-bond acceptors (Lipinski definition) is 4. The Kier molecular flexibility index (Phi) is 6.18. The number of aromatic nitrogens is 1. The van der Waals surface area contributed by atoms with Crippen LogP contribution in [-0.2, 0) is 10.3 Å². The lowest BCUT2D eigenvalue weighted by molar-refractivity contribution is 0.0732. The van der Waals surface area contributed by atoms with Crippen LogP contribution < -0.4 is 10.2 Å². The highest BCUT2D eigenvalue weighted by molar-refractivity contribution is 5.89. The molecule has 0 bridgehead atoms. The summed E-state index contributed by atoms with van der Waals surface area (Å²) in [5.74, 6) is 1.20. The molecule has 1 aromatic heterocycles. The fourth-order valence-corrected chi connectivity index (χ4v) is 5.95.